The molecule has 3 rings (SSSR count). The van der Waals surface area contributed by atoms with Crippen LogP contribution < -0.4 is 0 Å². The van der Waals surface area contributed by atoms with Gasteiger partial charge < -0.3 is 4.57 Å². The van der Waals surface area contributed by atoms with Crippen LogP contribution in [0.1, 0.15) is 44.1 Å². The zero-order valence-corrected chi connectivity index (χ0v) is 16.1. The molecular weight excluding hydrogens is 316 g/mol. The number of allylic oxidation sites excluding steroid dienone is 5. The summed E-state index contributed by atoms with van der Waals surface area (Å²) in [6.45, 7) is 10.4. The number of aromatic nitrogens is 2. The van der Waals surface area contributed by atoms with Gasteiger partial charge in [0.1, 0.15) is 5.82 Å². The van der Waals surface area contributed by atoms with Crippen LogP contribution in [0.5, 0.6) is 0 Å². The molecule has 1 aromatic heterocycles. The van der Waals surface area contributed by atoms with Gasteiger partial charge in [-0.3, -0.25) is 0 Å². The van der Waals surface area contributed by atoms with Crippen molar-refractivity contribution in [2.24, 2.45) is 7.05 Å². The predicted octanol–water partition coefficient (Wildman–Crippen LogP) is 6.50. The van der Waals surface area contributed by atoms with Crippen molar-refractivity contribution < 1.29 is 0 Å². The van der Waals surface area contributed by atoms with E-state index in [1.807, 2.05) is 13.0 Å². The van der Waals surface area contributed by atoms with Gasteiger partial charge in [0.15, 0.2) is 0 Å². The Kier molecular flexibility index (Phi) is 5.22. The molecule has 0 unspecified atom stereocenters. The minimum absolute atomic E-state index is 0.934. The molecule has 132 valence electrons. The van der Waals surface area contributed by atoms with Gasteiger partial charge in [0, 0.05) is 7.05 Å². The van der Waals surface area contributed by atoms with E-state index < -0.39 is 0 Å². The molecule has 0 bridgehead atoms. The molecule has 0 atom stereocenters. The maximum atomic E-state index is 4.90. The molecule has 2 heteroatoms. The highest BCUT2D eigenvalue weighted by Crippen LogP contribution is 2.26. The molecule has 2 aromatic carbocycles. The number of hydrogen-bond donors (Lipinski definition) is 0. The number of nitrogens with zero attached hydrogens (tertiary/aromatic N) is 2. The third-order valence-electron chi connectivity index (χ3n) is 4.81. The Bertz CT molecular complexity index is 1000. The van der Waals surface area contributed by atoms with Gasteiger partial charge in [0.25, 0.3) is 0 Å². The van der Waals surface area contributed by atoms with E-state index in [0.29, 0.717) is 0 Å². The molecule has 0 aliphatic carbocycles. The maximum absolute atomic E-state index is 4.90. The highest BCUT2D eigenvalue weighted by Gasteiger charge is 2.11. The van der Waals surface area contributed by atoms with Crippen LogP contribution in [-0.2, 0) is 7.05 Å². The maximum Gasteiger partial charge on any atom is 0.136 e. The average Bonchev–Trinajstić information content (AvgIpc) is 2.99. The highest BCUT2D eigenvalue weighted by molar-refractivity contribution is 5.84. The molecule has 0 saturated heterocycles. The van der Waals surface area contributed by atoms with Crippen molar-refractivity contribution in [3.8, 4) is 0 Å². The molecule has 0 N–H and O–H groups in total. The molecule has 26 heavy (non-hydrogen) atoms. The second-order valence-electron chi connectivity index (χ2n) is 6.74. The molecule has 1 heterocycles. The summed E-state index contributed by atoms with van der Waals surface area (Å²) in [7, 11) is 2.09. The topological polar surface area (TPSA) is 17.8 Å². The van der Waals surface area contributed by atoms with E-state index in [2.05, 4.69) is 86.7 Å². The zero-order chi connectivity index (χ0) is 18.7. The first-order valence-corrected chi connectivity index (χ1v) is 9.07. The summed E-state index contributed by atoms with van der Waals surface area (Å²) in [6, 6.07) is 16.8. The molecule has 0 radical (unpaired) electrons. The van der Waals surface area contributed by atoms with E-state index in [-0.39, 0.29) is 0 Å². The molecule has 0 fully saturated rings. The minimum Gasteiger partial charge on any atom is -0.327 e. The fourth-order valence-electron chi connectivity index (χ4n) is 3.13. The lowest BCUT2D eigenvalue weighted by molar-refractivity contribution is 0.910. The third kappa shape index (κ3) is 3.55. The molecule has 2 nitrogen and oxygen atoms in total. The molecule has 0 amide bonds. The normalized spacial score (nSPS) is 12.6. The number of imidazole rings is 1. The SMILES string of the molecule is C=C(C)c1ccc2c(c1)nc(/C(=C/C=C(\C)c1ccccc1)CC)n2C. The monoisotopic (exact) mass is 342 g/mol. The van der Waals surface area contributed by atoms with Gasteiger partial charge in [-0.2, -0.15) is 0 Å². The average molecular weight is 342 g/mol. The van der Waals surface area contributed by atoms with Gasteiger partial charge in [0.05, 0.1) is 11.0 Å². The largest absolute Gasteiger partial charge is 0.327 e. The van der Waals surface area contributed by atoms with Gasteiger partial charge in [-0.1, -0.05) is 67.6 Å². The number of hydrogen-bond acceptors (Lipinski definition) is 1. The molecule has 0 saturated carbocycles. The Hall–Kier alpha value is -2.87. The Labute approximate surface area is 156 Å². The summed E-state index contributed by atoms with van der Waals surface area (Å²) in [5, 5.41) is 0. The van der Waals surface area contributed by atoms with E-state index in [4.69, 9.17) is 4.98 Å². The number of rotatable bonds is 5. The van der Waals surface area contributed by atoms with Crippen LogP contribution in [0.2, 0.25) is 0 Å². The number of fused-ring (bicyclic) bond motifs is 1. The van der Waals surface area contributed by atoms with E-state index in [1.165, 1.54) is 16.7 Å². The number of aryl methyl sites for hydroxylation is 1. The first kappa shape index (κ1) is 17.9. The van der Waals surface area contributed by atoms with E-state index in [9.17, 15) is 0 Å². The summed E-state index contributed by atoms with van der Waals surface area (Å²) < 4.78 is 2.18. The third-order valence-corrected chi connectivity index (χ3v) is 4.81. The summed E-state index contributed by atoms with van der Waals surface area (Å²) in [4.78, 5) is 4.90. The first-order valence-electron chi connectivity index (χ1n) is 9.07. The quantitative estimate of drug-likeness (QED) is 0.484. The lowest BCUT2D eigenvalue weighted by Gasteiger charge is -2.05. The molecular formula is C24H26N2. The van der Waals surface area contributed by atoms with Crippen molar-refractivity contribution in [3.05, 3.63) is 84.2 Å². The van der Waals surface area contributed by atoms with Crippen LogP contribution in [0, 0.1) is 0 Å². The van der Waals surface area contributed by atoms with E-state index >= 15 is 0 Å². The van der Waals surface area contributed by atoms with Crippen molar-refractivity contribution in [2.45, 2.75) is 27.2 Å². The van der Waals surface area contributed by atoms with Crippen LogP contribution in [0.25, 0.3) is 27.8 Å². The lowest BCUT2D eigenvalue weighted by Crippen LogP contribution is -1.96. The molecule has 0 aliphatic heterocycles. The van der Waals surface area contributed by atoms with Crippen LogP contribution in [0.3, 0.4) is 0 Å². The zero-order valence-electron chi connectivity index (χ0n) is 16.1. The Morgan fingerprint density at radius 2 is 1.77 bits per heavy atom. The fraction of sp³-hybridized carbons (Fsp3) is 0.208. The van der Waals surface area contributed by atoms with E-state index in [0.717, 1.165) is 34.4 Å². The highest BCUT2D eigenvalue weighted by atomic mass is 15.1. The first-order chi connectivity index (χ1) is 12.5. The Morgan fingerprint density at radius 1 is 1.04 bits per heavy atom. The second kappa shape index (κ2) is 7.57. The fourth-order valence-corrected chi connectivity index (χ4v) is 3.13. The van der Waals surface area contributed by atoms with Crippen molar-refractivity contribution in [1.29, 1.82) is 0 Å². The van der Waals surface area contributed by atoms with Gasteiger partial charge in [-0.05, 0) is 54.7 Å². The molecule has 0 spiro atoms. The Balaban J connectivity index is 2.02. The van der Waals surface area contributed by atoms with Crippen LogP contribution >= 0.6 is 0 Å². The van der Waals surface area contributed by atoms with Gasteiger partial charge in [-0.25, -0.2) is 4.98 Å². The van der Waals surface area contributed by atoms with Crippen LogP contribution in [-0.4, -0.2) is 9.55 Å². The molecule has 3 aromatic rings. The van der Waals surface area contributed by atoms with Gasteiger partial charge >= 0.3 is 0 Å². The van der Waals surface area contributed by atoms with Crippen molar-refractivity contribution >= 4 is 27.8 Å². The number of benzene rings is 2. The standard InChI is InChI=1S/C24H26N2/c1-6-19(13-12-18(4)20-10-8-7-9-11-20)24-25-22-16-21(17(2)3)14-15-23(22)26(24)5/h7-16H,2,6H2,1,3-5H3/b18-12+,19-13+. The van der Waals surface area contributed by atoms with Gasteiger partial charge in [-0.15, -0.1) is 0 Å². The summed E-state index contributed by atoms with van der Waals surface area (Å²) >= 11 is 0. The van der Waals surface area contributed by atoms with Crippen LogP contribution in [0.15, 0.2) is 67.3 Å². The van der Waals surface area contributed by atoms with Crippen LogP contribution in [0.4, 0.5) is 0 Å². The van der Waals surface area contributed by atoms with Crippen molar-refractivity contribution in [3.63, 3.8) is 0 Å². The Morgan fingerprint density at radius 3 is 2.42 bits per heavy atom. The minimum atomic E-state index is 0.934. The lowest BCUT2D eigenvalue weighted by atomic mass is 10.1. The summed E-state index contributed by atoms with van der Waals surface area (Å²) in [5.41, 5.74) is 8.10. The smallest absolute Gasteiger partial charge is 0.136 e. The predicted molar refractivity (Wildman–Crippen MR) is 114 cm³/mol. The van der Waals surface area contributed by atoms with Crippen molar-refractivity contribution in [1.82, 2.24) is 9.55 Å². The summed E-state index contributed by atoms with van der Waals surface area (Å²) in [5.74, 6) is 1.03. The van der Waals surface area contributed by atoms with Gasteiger partial charge in [0.2, 0.25) is 0 Å². The van der Waals surface area contributed by atoms with E-state index in [1.54, 1.807) is 0 Å². The second-order valence-corrected chi connectivity index (χ2v) is 6.74. The molecule has 0 aliphatic rings. The van der Waals surface area contributed by atoms with Crippen molar-refractivity contribution in [2.75, 3.05) is 0 Å². The summed E-state index contributed by atoms with van der Waals surface area (Å²) in [6.07, 6.45) is 5.32.